The van der Waals surface area contributed by atoms with Gasteiger partial charge in [-0.15, -0.1) is 36.9 Å². The Morgan fingerprint density at radius 1 is 0.400 bits per heavy atom. The van der Waals surface area contributed by atoms with E-state index in [1.54, 1.807) is 72.1 Å². The summed E-state index contributed by atoms with van der Waals surface area (Å²) < 4.78 is 30.3. The van der Waals surface area contributed by atoms with E-state index in [9.17, 15) is 47.9 Å². The molecule has 8 aliphatic heterocycles. The van der Waals surface area contributed by atoms with Gasteiger partial charge in [0.2, 0.25) is 23.6 Å². The molecule has 0 aromatic heterocycles. The Labute approximate surface area is 887 Å². The van der Waals surface area contributed by atoms with Crippen LogP contribution in [0.2, 0.25) is 0 Å². The molecule has 26 nitrogen and oxygen atoms in total. The number of nitrogens with zero attached hydrogens (tertiary/aromatic N) is 8. The number of rotatable bonds is 23. The number of aryl methyl sites for hydroxylation is 3. The number of nitrogens with one attached hydrogen (secondary N) is 2. The molecule has 0 spiro atoms. The van der Waals surface area contributed by atoms with Gasteiger partial charge in [-0.3, -0.25) is 47.9 Å². The van der Waals surface area contributed by atoms with Crippen LogP contribution >= 0.6 is 130 Å². The van der Waals surface area contributed by atoms with Crippen LogP contribution in [0.15, 0.2) is 218 Å². The largest absolute Gasteiger partial charge is 1.00 e. The van der Waals surface area contributed by atoms with Crippen LogP contribution in [0.4, 0.5) is 0 Å². The average Bonchev–Trinajstić information content (AvgIpc) is 1.56. The van der Waals surface area contributed by atoms with Gasteiger partial charge in [-0.1, -0.05) is 228 Å². The van der Waals surface area contributed by atoms with Crippen LogP contribution in [0, 0.1) is 20.8 Å². The third kappa shape index (κ3) is 33.4. The van der Waals surface area contributed by atoms with E-state index in [2.05, 4.69) is 92.2 Å². The van der Waals surface area contributed by atoms with Crippen LogP contribution < -0.4 is 68.6 Å². The number of carbonyl (C=O) groups excluding carboxylic acids is 10. The van der Waals surface area contributed by atoms with Gasteiger partial charge in [0.25, 0.3) is 35.4 Å². The van der Waals surface area contributed by atoms with Crippen LogP contribution in [-0.4, -0.2) is 212 Å². The predicted molar refractivity (Wildman–Crippen MR) is 563 cm³/mol. The summed E-state index contributed by atoms with van der Waals surface area (Å²) in [5.41, 5.74) is 12.5. The van der Waals surface area contributed by atoms with Crippen molar-refractivity contribution in [1.29, 1.82) is 0 Å². The number of carbonyl (C=O) groups is 10. The van der Waals surface area contributed by atoms with Gasteiger partial charge in [0.15, 0.2) is 36.5 Å². The van der Waals surface area contributed by atoms with Crippen molar-refractivity contribution >= 4 is 236 Å². The maximum Gasteiger partial charge on any atom is 1.00 e. The molecular formula is C93H101BCl4I2N10NaO16S8. The summed E-state index contributed by atoms with van der Waals surface area (Å²) in [6.07, 6.45) is 0. The number of fused-ring (bicyclic) bond motifs is 5. The molecule has 9 aromatic rings. The van der Waals surface area contributed by atoms with Crippen molar-refractivity contribution < 1.29 is 107 Å². The monoisotopic (exact) mass is 2300 g/mol. The van der Waals surface area contributed by atoms with Crippen LogP contribution in [0.1, 0.15) is 68.2 Å². The first-order chi connectivity index (χ1) is 64.0. The van der Waals surface area contributed by atoms with E-state index >= 15 is 0 Å². The van der Waals surface area contributed by atoms with Crippen molar-refractivity contribution in [3.63, 3.8) is 0 Å². The zero-order chi connectivity index (χ0) is 96.5. The van der Waals surface area contributed by atoms with Gasteiger partial charge in [-0.25, -0.2) is 0 Å². The third-order valence-electron chi connectivity index (χ3n) is 21.1. The maximum absolute atomic E-state index is 13.3. The molecule has 10 amide bonds. The van der Waals surface area contributed by atoms with Crippen LogP contribution in [-0.2, 0) is 145 Å². The van der Waals surface area contributed by atoms with Gasteiger partial charge in [-0.2, -0.15) is 0 Å². The number of hydrogen-bond donors (Lipinski definition) is 4. The predicted octanol–water partition coefficient (Wildman–Crippen LogP) is 11.7. The van der Waals surface area contributed by atoms with Crippen molar-refractivity contribution in [3.05, 3.63) is 285 Å². The molecule has 0 aliphatic carbocycles. The molecule has 8 heterocycles. The number of thiol groups is 2. The van der Waals surface area contributed by atoms with E-state index in [0.29, 0.717) is 57.4 Å². The minimum atomic E-state index is -0.849. The van der Waals surface area contributed by atoms with Gasteiger partial charge >= 0.3 is 29.6 Å². The summed E-state index contributed by atoms with van der Waals surface area (Å²) in [6.45, 7) is 9.68. The number of halogens is 6. The average molecular weight is 2300 g/mol. The maximum atomic E-state index is 13.3. The quantitative estimate of drug-likeness (QED) is 0.0152. The van der Waals surface area contributed by atoms with Crippen molar-refractivity contribution in [2.75, 3.05) is 68.8 Å². The molecule has 135 heavy (non-hydrogen) atoms. The fourth-order valence-corrected chi connectivity index (χ4v) is 25.1. The van der Waals surface area contributed by atoms with E-state index in [-0.39, 0.29) is 131 Å². The summed E-state index contributed by atoms with van der Waals surface area (Å²) in [5, 5.41) is 1.20. The second-order valence-electron chi connectivity index (χ2n) is 30.1. The molecule has 42 heteroatoms. The minimum Gasteiger partial charge on any atom is -1.00 e. The molecule has 8 fully saturated rings. The zero-order valence-corrected chi connectivity index (χ0v) is 91.3. The Morgan fingerprint density at radius 3 is 0.948 bits per heavy atom. The van der Waals surface area contributed by atoms with Crippen molar-refractivity contribution in [3.8, 4) is 34.5 Å². The first-order valence-corrected chi connectivity index (χ1v) is 57.2. The number of alkyl halides is 4. The van der Waals surface area contributed by atoms with E-state index in [4.69, 9.17) is 86.0 Å². The molecule has 4 bridgehead atoms. The molecule has 6 atom stereocenters. The van der Waals surface area contributed by atoms with Gasteiger partial charge in [0.1, 0.15) is 47.6 Å². The number of benzene rings is 9. The van der Waals surface area contributed by atoms with Gasteiger partial charge in [0, 0.05) is 104 Å². The van der Waals surface area contributed by atoms with E-state index in [1.807, 2.05) is 220 Å². The second kappa shape index (κ2) is 58.0. The van der Waals surface area contributed by atoms with Crippen LogP contribution in [0.25, 0.3) is 0 Å². The Bertz CT molecular complexity index is 5420. The Kier molecular flexibility index (Phi) is 49.2. The Hall–Kier alpha value is -7.43. The van der Waals surface area contributed by atoms with Crippen LogP contribution in [0.3, 0.4) is 0 Å². The number of amides is 10. The van der Waals surface area contributed by atoms with Crippen LogP contribution in [0.5, 0.6) is 34.5 Å². The first kappa shape index (κ1) is 115. The smallest absolute Gasteiger partial charge is 1.00 e. The summed E-state index contributed by atoms with van der Waals surface area (Å²) >= 11 is 38.2. The number of methoxy groups -OCH3 is 6. The van der Waals surface area contributed by atoms with E-state index in [1.165, 1.54) is 65.8 Å². The molecule has 6 unspecified atom stereocenters. The Balaban J connectivity index is 0.000000256. The third-order valence-corrected chi connectivity index (χ3v) is 32.3. The molecule has 0 saturated carbocycles. The Morgan fingerprint density at radius 2 is 0.667 bits per heavy atom. The van der Waals surface area contributed by atoms with Gasteiger partial charge in [0.05, 0.1) is 55.7 Å². The normalized spacial score (nSPS) is 18.3. The summed E-state index contributed by atoms with van der Waals surface area (Å²) in [7, 11) is 14.8. The van der Waals surface area contributed by atoms with E-state index in [0.717, 1.165) is 78.8 Å². The summed E-state index contributed by atoms with van der Waals surface area (Å²) in [5.74, 6) is 4.31. The molecule has 3 radical (unpaired) electrons. The molecule has 17 rings (SSSR count). The fourth-order valence-electron chi connectivity index (χ4n) is 13.9. The molecular weight excluding hydrogens is 2200 g/mol. The molecule has 8 aliphatic rings. The molecule has 2 N–H and O–H groups in total. The fraction of sp³-hybridized carbons (Fsp3) is 0.312. The topological polar surface area (TPSA) is 276 Å². The zero-order valence-electron chi connectivity index (χ0n) is 76.3. The standard InChI is InChI=1S/C20H20N2O4S4.C20H22N2O4.C20H20N2O3S2.C20H22N2O3S2.C8H9Cl.C4H6N2O2.CHCl3.B.I2.Na.H/c1-25-15-7-3-13(4-8-15)11-21-17(23)20-22(18(24)19(21)30(20)29-28-27)12-14-5-9-16(26-2)10-6-14;1-25-17-7-3-15(4-8-17)11-21-13-20(24)22(14-19(21)23)12-16-5-9-18(26-2)10-6-16;1-13-3-5-14(6-4-13)11-21-17(23)20-22(18(24)19(21)26-27-20)12-15-7-9-16(25-2)10-8-15;1-13-6-8-14(9-7-13)11-21-17(23)20(27)22(18(24)19(21)26)12-15-4-3-5-16(10-15)25-2;1-7-2-4-8(6-9)5-3-7;7-3-1-5-4(8)2-6-3;2-1(3)4;;1-2;;/h3-10,19-20H,11-12H2,1-2H3;3-10H,11-14H2,1-2H3;3-10,19-20H,11-12H2,1-2H3;3-10,19-20,26-27H,11-12H2,1-2H3;2-5H,6H2,1H3;1-2H2,(H,5,8)(H,6,7);1H;;;;/q;;;;;;;;;+1;-1. The van der Waals surface area contributed by atoms with Gasteiger partial charge < -0.3 is 79.7 Å². The number of ether oxygens (including phenoxy) is 6. The summed E-state index contributed by atoms with van der Waals surface area (Å²) in [6, 6.07) is 69.3. The molecule has 9 aromatic carbocycles. The van der Waals surface area contributed by atoms with Crippen molar-refractivity contribution in [2.45, 2.75) is 116 Å². The minimum absolute atomic E-state index is 0. The van der Waals surface area contributed by atoms with Crippen molar-refractivity contribution in [1.82, 2.24) is 49.8 Å². The summed E-state index contributed by atoms with van der Waals surface area (Å²) in [4.78, 5) is 137. The number of piperazine rings is 5. The second-order valence-corrected chi connectivity index (χ2v) is 42.0. The van der Waals surface area contributed by atoms with E-state index < -0.39 is 46.0 Å². The first-order valence-electron chi connectivity index (χ1n) is 40.8. The van der Waals surface area contributed by atoms with Crippen molar-refractivity contribution in [2.24, 2.45) is 0 Å². The van der Waals surface area contributed by atoms with Gasteiger partial charge in [-0.05, 0) is 173 Å². The SMILES string of the molecule is COc1ccc(CN2C(=O)C3N(Cc4ccc(OC)cc4)C(=O)C2S3=S=S=S)cc1.COc1ccc(CN2C(=O)C3SSC2C(=O)N3Cc2ccc(C)cc2)cc1.COc1ccc(CN2CC(=O)N(Cc3ccc(OC)cc3)CC2=O)cc1.COc1cccc(CN2C(=O)C(S)N(Cc3ccc(C)cc3)C(=O)C2S)c1.Cc1ccc(CCl)cc1.ClC(Cl)Cl.II.O=C1CNC(=O)CN1.[B].[H-].[Na+]. The molecule has 713 valence electrons. The molecule has 8 saturated heterocycles. The number of hydrogen-bond acceptors (Lipinski definition) is 21.